The molecule has 4 N–H and O–H groups in total. The Bertz CT molecular complexity index is 2910. The molecule has 0 atom stereocenters. The van der Waals surface area contributed by atoms with Gasteiger partial charge >= 0.3 is 0 Å². The molecular weight excluding hydrogens is 797 g/mol. The van der Waals surface area contributed by atoms with Gasteiger partial charge in [-0.1, -0.05) is 125 Å². The van der Waals surface area contributed by atoms with Crippen molar-refractivity contribution in [2.24, 2.45) is 9.98 Å². The van der Waals surface area contributed by atoms with Gasteiger partial charge in [-0.2, -0.15) is 0 Å². The predicted molar refractivity (Wildman–Crippen MR) is 253 cm³/mol. The third-order valence-corrected chi connectivity index (χ3v) is 13.1. The first-order valence-electron chi connectivity index (χ1n) is 21.2. The van der Waals surface area contributed by atoms with Crippen LogP contribution in [0.25, 0.3) is 44.5 Å². The SMILES string of the molecule is CC1(C)c2cccc3c2Oc2c(cccc21)-c1ccc(O)c(c1)C=Nc1cc(ccc1O)-c1cccc2c1Oc1c(cccc1C2(C)C)-c1ccc(O)c(c1)N=Cc1cc-3ccc1O. The molecule has 0 unspecified atom stereocenters. The first kappa shape index (κ1) is 38.8. The van der Waals surface area contributed by atoms with Gasteiger partial charge in [0.25, 0.3) is 0 Å². The Labute approximate surface area is 370 Å². The molecule has 0 aromatic heterocycles. The van der Waals surface area contributed by atoms with Crippen LogP contribution < -0.4 is 9.47 Å². The molecule has 8 nitrogen and oxygen atoms in total. The van der Waals surface area contributed by atoms with E-state index in [1.54, 1.807) is 36.7 Å². The van der Waals surface area contributed by atoms with Crippen LogP contribution in [0.2, 0.25) is 0 Å². The van der Waals surface area contributed by atoms with Crippen molar-refractivity contribution in [3.63, 3.8) is 0 Å². The van der Waals surface area contributed by atoms with Crippen molar-refractivity contribution in [3.8, 4) is 90.5 Å². The van der Waals surface area contributed by atoms with E-state index in [0.717, 1.165) is 66.8 Å². The second-order valence-corrected chi connectivity index (χ2v) is 17.7. The molecule has 0 saturated heterocycles. The number of ether oxygens (including phenoxy) is 2. The van der Waals surface area contributed by atoms with Crippen LogP contribution in [0.3, 0.4) is 0 Å². The number of hydrogen-bond acceptors (Lipinski definition) is 8. The fourth-order valence-electron chi connectivity index (χ4n) is 9.48. The van der Waals surface area contributed by atoms with E-state index >= 15 is 0 Å². The molecule has 0 aliphatic carbocycles. The van der Waals surface area contributed by atoms with Crippen molar-refractivity contribution in [3.05, 3.63) is 179 Å². The molecule has 0 spiro atoms. The van der Waals surface area contributed by atoms with Gasteiger partial charge in [0.05, 0.1) is 0 Å². The molecule has 11 rings (SSSR count). The van der Waals surface area contributed by atoms with Crippen molar-refractivity contribution < 1.29 is 29.9 Å². The van der Waals surface area contributed by atoms with Gasteiger partial charge in [0.2, 0.25) is 0 Å². The molecule has 0 saturated carbocycles. The van der Waals surface area contributed by atoms with Gasteiger partial charge in [-0.25, -0.2) is 0 Å². The molecule has 0 radical (unpaired) electrons. The number of hydrogen-bond donors (Lipinski definition) is 4. The molecule has 312 valence electrons. The number of fused-ring (bicyclic) bond motifs is 12. The van der Waals surface area contributed by atoms with Gasteiger partial charge in [-0.15, -0.1) is 0 Å². The van der Waals surface area contributed by atoms with Crippen LogP contribution >= 0.6 is 0 Å². The Kier molecular flexibility index (Phi) is 8.62. The van der Waals surface area contributed by atoms with Crippen LogP contribution in [0.4, 0.5) is 11.4 Å². The van der Waals surface area contributed by atoms with E-state index in [4.69, 9.17) is 19.5 Å². The van der Waals surface area contributed by atoms with Gasteiger partial charge in [0.1, 0.15) is 57.4 Å². The first-order chi connectivity index (χ1) is 30.9. The standard InChI is InChI=1S/C56H42N2O6/c1-55(2)41-13-5-9-37-31-17-21-47(59)35(25-31)29-57-45-27-33(19-23-49(45)61)39-11-7-15-43-53(39)64-54-40(12-8-16-44(54)56(43,3)4)34-20-24-50(62)46(28-34)58-30-36-26-32(18-22-48(36)60)38-10-6-14-42(55)52(38)63-51(37)41/h5-30,59-62H,1-4H3. The lowest BCUT2D eigenvalue weighted by Gasteiger charge is -2.36. The Morgan fingerprint density at radius 3 is 0.984 bits per heavy atom. The highest BCUT2D eigenvalue weighted by molar-refractivity contribution is 5.92. The smallest absolute Gasteiger partial charge is 0.141 e. The van der Waals surface area contributed by atoms with Gasteiger partial charge < -0.3 is 29.9 Å². The summed E-state index contributed by atoms with van der Waals surface area (Å²) >= 11 is 0. The summed E-state index contributed by atoms with van der Waals surface area (Å²) in [4.78, 5) is 9.50. The van der Waals surface area contributed by atoms with E-state index in [-0.39, 0.29) is 23.0 Å². The molecule has 3 aliphatic heterocycles. The summed E-state index contributed by atoms with van der Waals surface area (Å²) in [5.41, 5.74) is 11.1. The molecule has 8 aromatic carbocycles. The summed E-state index contributed by atoms with van der Waals surface area (Å²) in [5, 5.41) is 44.7. The fourth-order valence-corrected chi connectivity index (χ4v) is 9.48. The highest BCUT2D eigenvalue weighted by Crippen LogP contribution is 2.56. The highest BCUT2D eigenvalue weighted by Gasteiger charge is 2.38. The van der Waals surface area contributed by atoms with Gasteiger partial charge in [0, 0.05) is 78.9 Å². The third kappa shape index (κ3) is 6.05. The number of phenols is 4. The Balaban J connectivity index is 1.14. The minimum atomic E-state index is -0.474. The number of benzene rings is 8. The minimum Gasteiger partial charge on any atom is -0.507 e. The van der Waals surface area contributed by atoms with E-state index in [2.05, 4.69) is 52.0 Å². The Morgan fingerprint density at radius 2 is 0.656 bits per heavy atom. The Morgan fingerprint density at radius 1 is 0.359 bits per heavy atom. The summed E-state index contributed by atoms with van der Waals surface area (Å²) in [5.74, 6) is 2.76. The largest absolute Gasteiger partial charge is 0.507 e. The van der Waals surface area contributed by atoms with Crippen molar-refractivity contribution in [2.75, 3.05) is 0 Å². The lowest BCUT2D eigenvalue weighted by atomic mass is 9.74. The van der Waals surface area contributed by atoms with Gasteiger partial charge in [0.15, 0.2) is 0 Å². The van der Waals surface area contributed by atoms with Gasteiger partial charge in [-0.3, -0.25) is 9.98 Å². The maximum absolute atomic E-state index is 11.2. The predicted octanol–water partition coefficient (Wildman–Crippen LogP) is 13.9. The maximum Gasteiger partial charge on any atom is 0.141 e. The summed E-state index contributed by atoms with van der Waals surface area (Å²) in [6, 6.07) is 45.7. The molecular formula is C56H42N2O6. The number of rotatable bonds is 0. The summed E-state index contributed by atoms with van der Waals surface area (Å²) < 4.78 is 14.0. The molecule has 0 fully saturated rings. The van der Waals surface area contributed by atoms with Crippen LogP contribution in [0.15, 0.2) is 156 Å². The zero-order valence-electron chi connectivity index (χ0n) is 35.5. The zero-order chi connectivity index (χ0) is 44.1. The second kappa shape index (κ2) is 14.2. The molecule has 3 aliphatic rings. The lowest BCUT2D eigenvalue weighted by Crippen LogP contribution is -2.25. The monoisotopic (exact) mass is 838 g/mol. The van der Waals surface area contributed by atoms with Crippen molar-refractivity contribution in [1.29, 1.82) is 0 Å². The molecule has 0 amide bonds. The van der Waals surface area contributed by atoms with E-state index in [9.17, 15) is 20.4 Å². The quantitative estimate of drug-likeness (QED) is 0.121. The summed E-state index contributed by atoms with van der Waals surface area (Å²) in [6.07, 6.45) is 3.13. The number of para-hydroxylation sites is 4. The molecule has 64 heavy (non-hydrogen) atoms. The van der Waals surface area contributed by atoms with Crippen LogP contribution in [0.5, 0.6) is 46.0 Å². The summed E-state index contributed by atoms with van der Waals surface area (Å²) in [6.45, 7) is 8.71. The van der Waals surface area contributed by atoms with Crippen LogP contribution in [-0.2, 0) is 10.8 Å². The average Bonchev–Trinajstić information content (AvgIpc) is 3.29. The zero-order valence-corrected chi connectivity index (χ0v) is 35.5. The third-order valence-electron chi connectivity index (χ3n) is 13.1. The van der Waals surface area contributed by atoms with Crippen molar-refractivity contribution in [2.45, 2.75) is 38.5 Å². The van der Waals surface area contributed by atoms with Gasteiger partial charge in [-0.05, 0) is 70.8 Å². The Hall–Kier alpha value is -8.10. The number of aromatic hydroxyl groups is 4. The first-order valence-corrected chi connectivity index (χ1v) is 21.2. The molecule has 8 heteroatoms. The number of phenolic OH excluding ortho intramolecular Hbond substituents is 4. The normalized spacial score (nSPS) is 14.6. The number of aliphatic imine (C=N–C) groups is 2. The van der Waals surface area contributed by atoms with Crippen molar-refractivity contribution >= 4 is 23.8 Å². The summed E-state index contributed by atoms with van der Waals surface area (Å²) in [7, 11) is 0. The van der Waals surface area contributed by atoms with E-state index in [0.29, 0.717) is 45.5 Å². The maximum atomic E-state index is 11.2. The molecule has 12 bridgehead atoms. The molecule has 8 aromatic rings. The minimum absolute atomic E-state index is 0.0174. The van der Waals surface area contributed by atoms with Crippen LogP contribution in [0, 0.1) is 0 Å². The second-order valence-electron chi connectivity index (χ2n) is 17.7. The highest BCUT2D eigenvalue weighted by atomic mass is 16.5. The van der Waals surface area contributed by atoms with Crippen molar-refractivity contribution in [1.82, 2.24) is 0 Å². The fraction of sp³-hybridized carbons (Fsp3) is 0.107. The van der Waals surface area contributed by atoms with E-state index in [1.165, 1.54) is 0 Å². The van der Waals surface area contributed by atoms with E-state index in [1.807, 2.05) is 97.1 Å². The topological polar surface area (TPSA) is 124 Å². The number of nitrogens with zero attached hydrogens (tertiary/aromatic N) is 2. The molecule has 3 heterocycles. The lowest BCUT2D eigenvalue weighted by molar-refractivity contribution is 0.421. The average molecular weight is 839 g/mol. The van der Waals surface area contributed by atoms with Crippen LogP contribution in [0.1, 0.15) is 61.1 Å². The van der Waals surface area contributed by atoms with Crippen LogP contribution in [-0.4, -0.2) is 32.9 Å². The van der Waals surface area contributed by atoms with E-state index < -0.39 is 10.8 Å².